The Morgan fingerprint density at radius 3 is 2.68 bits per heavy atom. The predicted octanol–water partition coefficient (Wildman–Crippen LogP) is 2.78. The molecule has 2 rings (SSSR count). The van der Waals surface area contributed by atoms with Gasteiger partial charge in [0.25, 0.3) is 0 Å². The van der Waals surface area contributed by atoms with Crippen molar-refractivity contribution in [3.8, 4) is 16.9 Å². The summed E-state index contributed by atoms with van der Waals surface area (Å²) in [5, 5.41) is 0. The second kappa shape index (κ2) is 6.05. The highest BCUT2D eigenvalue weighted by Gasteiger charge is 2.05. The van der Waals surface area contributed by atoms with Gasteiger partial charge in [-0.15, -0.1) is 0 Å². The lowest BCUT2D eigenvalue weighted by Crippen LogP contribution is -2.11. The fourth-order valence-electron chi connectivity index (χ4n) is 2.05. The maximum Gasteiger partial charge on any atom is 0.217 e. The maximum atomic E-state index is 10.8. The molecule has 0 aliphatic heterocycles. The molecule has 0 fully saturated rings. The van der Waals surface area contributed by atoms with Gasteiger partial charge >= 0.3 is 0 Å². The fourth-order valence-corrected chi connectivity index (χ4v) is 2.05. The molecule has 0 spiro atoms. The van der Waals surface area contributed by atoms with E-state index >= 15 is 0 Å². The normalized spacial score (nSPS) is 10.2. The number of carbonyl (C=O) groups is 1. The molecule has 0 atom stereocenters. The summed E-state index contributed by atoms with van der Waals surface area (Å²) in [5.74, 6) is 0.567. The molecule has 1 amide bonds. The Balaban J connectivity index is 2.29. The molecule has 3 nitrogen and oxygen atoms in total. The predicted molar refractivity (Wildman–Crippen MR) is 75.9 cm³/mol. The molecule has 2 aromatic rings. The lowest BCUT2D eigenvalue weighted by Gasteiger charge is -2.09. The molecule has 0 saturated carbocycles. The van der Waals surface area contributed by atoms with E-state index in [0.717, 1.165) is 22.4 Å². The molecule has 0 saturated heterocycles. The van der Waals surface area contributed by atoms with E-state index in [4.69, 9.17) is 10.5 Å². The average Bonchev–Trinajstić information content (AvgIpc) is 2.45. The Kier molecular flexibility index (Phi) is 4.18. The molecule has 2 aromatic carbocycles. The zero-order chi connectivity index (χ0) is 13.7. The molecule has 0 aliphatic rings. The van der Waals surface area contributed by atoms with Crippen molar-refractivity contribution >= 4 is 5.91 Å². The largest absolute Gasteiger partial charge is 0.496 e. The summed E-state index contributed by atoms with van der Waals surface area (Å²) >= 11 is 0. The zero-order valence-corrected chi connectivity index (χ0v) is 10.9. The number of rotatable bonds is 5. The number of hydrogen-bond donors (Lipinski definition) is 1. The van der Waals surface area contributed by atoms with E-state index in [1.54, 1.807) is 7.11 Å². The van der Waals surface area contributed by atoms with E-state index in [-0.39, 0.29) is 5.91 Å². The first kappa shape index (κ1) is 13.1. The highest BCUT2D eigenvalue weighted by atomic mass is 16.5. The molecule has 98 valence electrons. The molecule has 0 radical (unpaired) electrons. The molecule has 0 aromatic heterocycles. The Morgan fingerprint density at radius 1 is 1.16 bits per heavy atom. The van der Waals surface area contributed by atoms with Crippen LogP contribution in [0.4, 0.5) is 0 Å². The standard InChI is InChI=1S/C16H17NO2/c1-19-15-8-3-2-7-14(15)13-6-4-5-12(11-13)9-10-16(17)18/h2-8,11H,9-10H2,1H3,(H2,17,18). The van der Waals surface area contributed by atoms with Gasteiger partial charge in [0, 0.05) is 12.0 Å². The Labute approximate surface area is 113 Å². The third-order valence-electron chi connectivity index (χ3n) is 3.01. The van der Waals surface area contributed by atoms with E-state index in [9.17, 15) is 4.79 Å². The van der Waals surface area contributed by atoms with Gasteiger partial charge in [-0.25, -0.2) is 0 Å². The van der Waals surface area contributed by atoms with Gasteiger partial charge in [-0.05, 0) is 23.6 Å². The SMILES string of the molecule is COc1ccccc1-c1cccc(CCC(N)=O)c1. The van der Waals surface area contributed by atoms with Crippen LogP contribution in [0, 0.1) is 0 Å². The second-order valence-corrected chi connectivity index (χ2v) is 4.37. The van der Waals surface area contributed by atoms with Crippen LogP contribution in [0.25, 0.3) is 11.1 Å². The smallest absolute Gasteiger partial charge is 0.217 e. The first-order valence-corrected chi connectivity index (χ1v) is 6.21. The lowest BCUT2D eigenvalue weighted by molar-refractivity contribution is -0.117. The second-order valence-electron chi connectivity index (χ2n) is 4.37. The van der Waals surface area contributed by atoms with Crippen LogP contribution < -0.4 is 10.5 Å². The van der Waals surface area contributed by atoms with E-state index < -0.39 is 0 Å². The summed E-state index contributed by atoms with van der Waals surface area (Å²) in [7, 11) is 1.66. The minimum absolute atomic E-state index is 0.275. The van der Waals surface area contributed by atoms with Crippen LogP contribution in [-0.2, 0) is 11.2 Å². The Hall–Kier alpha value is -2.29. The third-order valence-corrected chi connectivity index (χ3v) is 3.01. The van der Waals surface area contributed by atoms with Gasteiger partial charge in [0.15, 0.2) is 0 Å². The van der Waals surface area contributed by atoms with E-state index in [2.05, 4.69) is 6.07 Å². The van der Waals surface area contributed by atoms with E-state index in [1.165, 1.54) is 0 Å². The van der Waals surface area contributed by atoms with Gasteiger partial charge < -0.3 is 10.5 Å². The van der Waals surface area contributed by atoms with Crippen molar-refractivity contribution in [2.75, 3.05) is 7.11 Å². The third kappa shape index (κ3) is 3.35. The maximum absolute atomic E-state index is 10.8. The van der Waals surface area contributed by atoms with E-state index in [1.807, 2.05) is 42.5 Å². The summed E-state index contributed by atoms with van der Waals surface area (Å²) in [6.45, 7) is 0. The molecule has 0 unspecified atom stereocenters. The van der Waals surface area contributed by atoms with Crippen LogP contribution in [0.3, 0.4) is 0 Å². The number of methoxy groups -OCH3 is 1. The number of aryl methyl sites for hydroxylation is 1. The highest BCUT2D eigenvalue weighted by molar-refractivity contribution is 5.74. The van der Waals surface area contributed by atoms with E-state index in [0.29, 0.717) is 12.8 Å². The number of primary amides is 1. The molecule has 2 N–H and O–H groups in total. The summed E-state index contributed by atoms with van der Waals surface area (Å²) in [6, 6.07) is 16.0. The van der Waals surface area contributed by atoms with Gasteiger partial charge in [-0.2, -0.15) is 0 Å². The highest BCUT2D eigenvalue weighted by Crippen LogP contribution is 2.30. The Morgan fingerprint density at radius 2 is 1.95 bits per heavy atom. The van der Waals surface area contributed by atoms with Crippen molar-refractivity contribution in [2.45, 2.75) is 12.8 Å². The monoisotopic (exact) mass is 255 g/mol. The number of amides is 1. The van der Waals surface area contributed by atoms with Crippen molar-refractivity contribution in [2.24, 2.45) is 5.73 Å². The van der Waals surface area contributed by atoms with Crippen molar-refractivity contribution < 1.29 is 9.53 Å². The number of benzene rings is 2. The van der Waals surface area contributed by atoms with Crippen LogP contribution in [0.5, 0.6) is 5.75 Å². The quantitative estimate of drug-likeness (QED) is 0.893. The minimum Gasteiger partial charge on any atom is -0.496 e. The summed E-state index contributed by atoms with van der Waals surface area (Å²) < 4.78 is 5.36. The number of para-hydroxylation sites is 1. The van der Waals surface area contributed by atoms with Crippen LogP contribution in [-0.4, -0.2) is 13.0 Å². The van der Waals surface area contributed by atoms with Crippen molar-refractivity contribution in [3.63, 3.8) is 0 Å². The zero-order valence-electron chi connectivity index (χ0n) is 10.9. The average molecular weight is 255 g/mol. The van der Waals surface area contributed by atoms with Gasteiger partial charge in [-0.3, -0.25) is 4.79 Å². The van der Waals surface area contributed by atoms with Crippen molar-refractivity contribution in [1.29, 1.82) is 0 Å². The molecule has 0 bridgehead atoms. The first-order valence-electron chi connectivity index (χ1n) is 6.21. The van der Waals surface area contributed by atoms with Crippen molar-refractivity contribution in [3.05, 3.63) is 54.1 Å². The molecule has 19 heavy (non-hydrogen) atoms. The summed E-state index contributed by atoms with van der Waals surface area (Å²) in [4.78, 5) is 10.8. The van der Waals surface area contributed by atoms with Crippen molar-refractivity contribution in [1.82, 2.24) is 0 Å². The molecule has 0 heterocycles. The van der Waals surface area contributed by atoms with Crippen LogP contribution in [0.2, 0.25) is 0 Å². The van der Waals surface area contributed by atoms with Crippen LogP contribution in [0.15, 0.2) is 48.5 Å². The van der Waals surface area contributed by atoms with Gasteiger partial charge in [0.2, 0.25) is 5.91 Å². The molecular weight excluding hydrogens is 238 g/mol. The number of ether oxygens (including phenoxy) is 1. The topological polar surface area (TPSA) is 52.3 Å². The van der Waals surface area contributed by atoms with Crippen LogP contribution in [0.1, 0.15) is 12.0 Å². The van der Waals surface area contributed by atoms with Gasteiger partial charge in [0.05, 0.1) is 7.11 Å². The molecule has 0 aliphatic carbocycles. The summed E-state index contributed by atoms with van der Waals surface area (Å²) in [6.07, 6.45) is 1.04. The number of carbonyl (C=O) groups excluding carboxylic acids is 1. The first-order chi connectivity index (χ1) is 9.20. The number of hydrogen-bond acceptors (Lipinski definition) is 2. The Bertz CT molecular complexity index is 578. The van der Waals surface area contributed by atoms with Gasteiger partial charge in [0.1, 0.15) is 5.75 Å². The van der Waals surface area contributed by atoms with Crippen LogP contribution >= 0.6 is 0 Å². The number of nitrogens with two attached hydrogens (primary N) is 1. The fraction of sp³-hybridized carbons (Fsp3) is 0.188. The molecule has 3 heteroatoms. The van der Waals surface area contributed by atoms with Gasteiger partial charge in [-0.1, -0.05) is 42.5 Å². The minimum atomic E-state index is -0.275. The lowest BCUT2D eigenvalue weighted by atomic mass is 10.00. The summed E-state index contributed by atoms with van der Waals surface area (Å²) in [5.41, 5.74) is 8.41. The molecular formula is C16H17NO2.